The molecule has 0 fully saturated rings. The van der Waals surface area contributed by atoms with Crippen molar-refractivity contribution in [3.05, 3.63) is 81.9 Å². The Morgan fingerprint density at radius 2 is 1.85 bits per heavy atom. The number of hydrogen-bond acceptors (Lipinski definition) is 1. The average Bonchev–Trinajstić information content (AvgIpc) is 2.81. The van der Waals surface area contributed by atoms with Gasteiger partial charge in [-0.25, -0.2) is 8.78 Å². The van der Waals surface area contributed by atoms with Gasteiger partial charge >= 0.3 is 0 Å². The lowest BCUT2D eigenvalue weighted by Crippen LogP contribution is -2.28. The van der Waals surface area contributed by atoms with Crippen molar-refractivity contribution < 1.29 is 13.6 Å². The molecule has 2 aromatic rings. The third kappa shape index (κ3) is 2.80. The molecular weight excluding hydrogens is 332 g/mol. The van der Waals surface area contributed by atoms with Gasteiger partial charge in [-0.1, -0.05) is 24.1 Å². The molecule has 1 unspecified atom stereocenters. The summed E-state index contributed by atoms with van der Waals surface area (Å²) in [6, 6.07) is 11.1. The summed E-state index contributed by atoms with van der Waals surface area (Å²) in [6.07, 6.45) is 6.42. The van der Waals surface area contributed by atoms with E-state index in [4.69, 9.17) is 6.42 Å². The normalized spacial score (nSPS) is 19.0. The highest BCUT2D eigenvalue weighted by atomic mass is 19.1. The lowest BCUT2D eigenvalue weighted by Gasteiger charge is -2.21. The molecule has 0 bridgehead atoms. The molecule has 2 aliphatic rings. The second kappa shape index (κ2) is 6.42. The summed E-state index contributed by atoms with van der Waals surface area (Å²) in [7, 11) is 0. The fourth-order valence-corrected chi connectivity index (χ4v) is 3.98. The van der Waals surface area contributed by atoms with Crippen LogP contribution < -0.4 is 0 Å². The van der Waals surface area contributed by atoms with E-state index >= 15 is 0 Å². The standard InChI is InChI=1S/C22H17F2NO/c1-2-9-25-13-16-10-15-11-18(24)7-8-19(15)20(12-21(16)22(25)26)14-3-5-17(23)6-4-14/h1,3-8,11,20H,9-10,12-13H2. The minimum atomic E-state index is -0.307. The molecule has 1 heterocycles. The van der Waals surface area contributed by atoms with E-state index in [9.17, 15) is 13.6 Å². The van der Waals surface area contributed by atoms with Crippen molar-refractivity contribution in [3.63, 3.8) is 0 Å². The summed E-state index contributed by atoms with van der Waals surface area (Å²) in [5.74, 6) is 1.76. The Kier molecular flexibility index (Phi) is 4.08. The van der Waals surface area contributed by atoms with E-state index in [1.54, 1.807) is 23.1 Å². The number of amides is 1. The quantitative estimate of drug-likeness (QED) is 0.755. The topological polar surface area (TPSA) is 20.3 Å². The number of hydrogen-bond donors (Lipinski definition) is 0. The fourth-order valence-electron chi connectivity index (χ4n) is 3.98. The molecule has 0 saturated heterocycles. The molecule has 0 radical (unpaired) electrons. The molecule has 1 aliphatic carbocycles. The lowest BCUT2D eigenvalue weighted by atomic mass is 9.85. The van der Waals surface area contributed by atoms with Crippen molar-refractivity contribution in [1.82, 2.24) is 4.90 Å². The van der Waals surface area contributed by atoms with Crippen LogP contribution in [0.4, 0.5) is 8.78 Å². The molecule has 130 valence electrons. The maximum absolute atomic E-state index is 13.9. The predicted molar refractivity (Wildman–Crippen MR) is 95.4 cm³/mol. The van der Waals surface area contributed by atoms with Crippen molar-refractivity contribution >= 4 is 5.91 Å². The predicted octanol–water partition coefficient (Wildman–Crippen LogP) is 3.81. The zero-order valence-corrected chi connectivity index (χ0v) is 14.1. The molecule has 4 heteroatoms. The number of halogens is 2. The van der Waals surface area contributed by atoms with Crippen LogP contribution in [-0.4, -0.2) is 23.9 Å². The van der Waals surface area contributed by atoms with Gasteiger partial charge in [0, 0.05) is 18.0 Å². The smallest absolute Gasteiger partial charge is 0.250 e. The number of benzene rings is 2. The van der Waals surface area contributed by atoms with Crippen LogP contribution in [0.5, 0.6) is 0 Å². The fraction of sp³-hybridized carbons (Fsp3) is 0.227. The van der Waals surface area contributed by atoms with Gasteiger partial charge in [0.25, 0.3) is 5.91 Å². The molecule has 26 heavy (non-hydrogen) atoms. The number of carbonyl (C=O) groups excluding carboxylic acids is 1. The van der Waals surface area contributed by atoms with Crippen molar-refractivity contribution in [1.29, 1.82) is 0 Å². The molecular formula is C22H17F2NO. The average molecular weight is 349 g/mol. The van der Waals surface area contributed by atoms with Crippen LogP contribution in [0.3, 0.4) is 0 Å². The van der Waals surface area contributed by atoms with Gasteiger partial charge in [-0.15, -0.1) is 6.42 Å². The van der Waals surface area contributed by atoms with E-state index in [1.165, 1.54) is 24.3 Å². The lowest BCUT2D eigenvalue weighted by molar-refractivity contribution is -0.125. The van der Waals surface area contributed by atoms with Crippen molar-refractivity contribution in [2.24, 2.45) is 0 Å². The first-order chi connectivity index (χ1) is 12.6. The van der Waals surface area contributed by atoms with Gasteiger partial charge < -0.3 is 4.90 Å². The number of fused-ring (bicyclic) bond motifs is 1. The number of carbonyl (C=O) groups is 1. The molecule has 0 N–H and O–H groups in total. The van der Waals surface area contributed by atoms with Gasteiger partial charge in [-0.2, -0.15) is 0 Å². The first-order valence-corrected chi connectivity index (χ1v) is 8.54. The highest BCUT2D eigenvalue weighted by Crippen LogP contribution is 2.41. The van der Waals surface area contributed by atoms with Crippen molar-refractivity contribution in [2.75, 3.05) is 13.1 Å². The van der Waals surface area contributed by atoms with Gasteiger partial charge in [0.05, 0.1) is 6.54 Å². The van der Waals surface area contributed by atoms with E-state index in [2.05, 4.69) is 5.92 Å². The molecule has 0 spiro atoms. The minimum absolute atomic E-state index is 0.0432. The van der Waals surface area contributed by atoms with Crippen molar-refractivity contribution in [3.8, 4) is 12.3 Å². The van der Waals surface area contributed by atoms with E-state index in [1.807, 2.05) is 0 Å². The zero-order valence-electron chi connectivity index (χ0n) is 14.1. The van der Waals surface area contributed by atoms with Gasteiger partial charge in [-0.05, 0) is 59.4 Å². The summed E-state index contributed by atoms with van der Waals surface area (Å²) in [5.41, 5.74) is 4.53. The van der Waals surface area contributed by atoms with Crippen LogP contribution in [0, 0.1) is 24.0 Å². The Balaban J connectivity index is 1.81. The molecule has 1 aliphatic heterocycles. The Labute approximate surface area is 151 Å². The highest BCUT2D eigenvalue weighted by molar-refractivity contribution is 5.97. The van der Waals surface area contributed by atoms with Crippen LogP contribution in [0.15, 0.2) is 53.6 Å². The Morgan fingerprint density at radius 1 is 1.12 bits per heavy atom. The van der Waals surface area contributed by atoms with E-state index < -0.39 is 0 Å². The third-order valence-electron chi connectivity index (χ3n) is 5.20. The summed E-state index contributed by atoms with van der Waals surface area (Å²) in [4.78, 5) is 14.4. The van der Waals surface area contributed by atoms with Crippen molar-refractivity contribution in [2.45, 2.75) is 18.8 Å². The monoisotopic (exact) mass is 349 g/mol. The summed E-state index contributed by atoms with van der Waals surface area (Å²) < 4.78 is 27.2. The molecule has 1 atom stereocenters. The number of rotatable bonds is 2. The highest BCUT2D eigenvalue weighted by Gasteiger charge is 2.35. The van der Waals surface area contributed by atoms with Crippen LogP contribution in [0.2, 0.25) is 0 Å². The second-order valence-electron chi connectivity index (χ2n) is 6.78. The molecule has 0 saturated carbocycles. The van der Waals surface area contributed by atoms with Crippen LogP contribution in [-0.2, 0) is 11.2 Å². The molecule has 1 amide bonds. The molecule has 2 nitrogen and oxygen atoms in total. The number of terminal acetylenes is 1. The third-order valence-corrected chi connectivity index (χ3v) is 5.20. The first-order valence-electron chi connectivity index (χ1n) is 8.54. The summed E-state index contributed by atoms with van der Waals surface area (Å²) in [6.45, 7) is 0.757. The Morgan fingerprint density at radius 3 is 2.58 bits per heavy atom. The SMILES string of the molecule is C#CCN1CC2=C(CC(c3ccc(F)cc3)c3ccc(F)cc3C2)C1=O. The van der Waals surface area contributed by atoms with Crippen LogP contribution in [0.25, 0.3) is 0 Å². The van der Waals surface area contributed by atoms with Gasteiger partial charge in [0.15, 0.2) is 0 Å². The van der Waals surface area contributed by atoms with Gasteiger partial charge in [0.1, 0.15) is 11.6 Å². The molecule has 0 aromatic heterocycles. The van der Waals surface area contributed by atoms with Gasteiger partial charge in [0.2, 0.25) is 0 Å². The Hall–Kier alpha value is -2.93. The van der Waals surface area contributed by atoms with Gasteiger partial charge in [-0.3, -0.25) is 4.79 Å². The maximum atomic E-state index is 13.9. The summed E-state index contributed by atoms with van der Waals surface area (Å²) in [5, 5.41) is 0. The summed E-state index contributed by atoms with van der Waals surface area (Å²) >= 11 is 0. The van der Waals surface area contributed by atoms with E-state index in [0.717, 1.165) is 27.8 Å². The van der Waals surface area contributed by atoms with E-state index in [0.29, 0.717) is 19.4 Å². The number of nitrogens with zero attached hydrogens (tertiary/aromatic N) is 1. The first kappa shape index (κ1) is 16.5. The molecule has 2 aromatic carbocycles. The minimum Gasteiger partial charge on any atom is -0.324 e. The van der Waals surface area contributed by atoms with Crippen LogP contribution >= 0.6 is 0 Å². The Bertz CT molecular complexity index is 953. The maximum Gasteiger partial charge on any atom is 0.250 e. The largest absolute Gasteiger partial charge is 0.324 e. The molecule has 4 rings (SSSR count). The zero-order chi connectivity index (χ0) is 18.3. The second-order valence-corrected chi connectivity index (χ2v) is 6.78. The van der Waals surface area contributed by atoms with E-state index in [-0.39, 0.29) is 30.0 Å². The van der Waals surface area contributed by atoms with Crippen LogP contribution in [0.1, 0.15) is 29.0 Å².